The van der Waals surface area contributed by atoms with E-state index < -0.39 is 40.2 Å². The Morgan fingerprint density at radius 3 is 2.40 bits per heavy atom. The van der Waals surface area contributed by atoms with Gasteiger partial charge in [0.05, 0.1) is 10.9 Å². The highest BCUT2D eigenvalue weighted by molar-refractivity contribution is 5.94. The molecule has 0 atom stereocenters. The third kappa shape index (κ3) is 2.51. The summed E-state index contributed by atoms with van der Waals surface area (Å²) in [5.74, 6) is -5.69. The van der Waals surface area contributed by atoms with Crippen molar-refractivity contribution < 1.29 is 28.2 Å². The lowest BCUT2D eigenvalue weighted by atomic mass is 10.1. The number of hydrogen-bond donors (Lipinski definition) is 2. The normalized spacial score (nSPS) is 11.0. The summed E-state index contributed by atoms with van der Waals surface area (Å²) in [6.45, 7) is 1.22. The number of aryl methyl sites for hydroxylation is 1. The number of phenols is 1. The smallest absolute Gasteiger partial charge is 0.341 e. The largest absolute Gasteiger partial charge is 0.505 e. The summed E-state index contributed by atoms with van der Waals surface area (Å²) in [6.07, 6.45) is 0.921. The lowest BCUT2D eigenvalue weighted by Gasteiger charge is -2.15. The third-order valence-electron chi connectivity index (χ3n) is 3.85. The van der Waals surface area contributed by atoms with Crippen LogP contribution in [0.4, 0.5) is 13.2 Å². The number of pyridine rings is 1. The van der Waals surface area contributed by atoms with Crippen molar-refractivity contribution in [3.63, 3.8) is 0 Å². The first kappa shape index (κ1) is 16.6. The molecular formula is C17H10F3NO4. The molecule has 25 heavy (non-hydrogen) atoms. The van der Waals surface area contributed by atoms with Crippen molar-refractivity contribution in [2.24, 2.45) is 0 Å². The van der Waals surface area contributed by atoms with Crippen LogP contribution in [0.2, 0.25) is 0 Å². The average molecular weight is 349 g/mol. The van der Waals surface area contributed by atoms with Crippen molar-refractivity contribution in [1.29, 1.82) is 0 Å². The molecule has 0 bridgehead atoms. The van der Waals surface area contributed by atoms with Gasteiger partial charge < -0.3 is 14.8 Å². The summed E-state index contributed by atoms with van der Waals surface area (Å²) in [7, 11) is 0. The van der Waals surface area contributed by atoms with E-state index in [0.29, 0.717) is 6.07 Å². The number of benzene rings is 2. The fourth-order valence-electron chi connectivity index (χ4n) is 2.63. The molecule has 128 valence electrons. The van der Waals surface area contributed by atoms with E-state index in [2.05, 4.69) is 0 Å². The summed E-state index contributed by atoms with van der Waals surface area (Å²) in [5, 5.41) is 18.4. The van der Waals surface area contributed by atoms with Gasteiger partial charge in [-0.1, -0.05) is 0 Å². The molecule has 0 aliphatic carbocycles. The van der Waals surface area contributed by atoms with Crippen LogP contribution < -0.4 is 5.43 Å². The molecule has 8 heteroatoms. The fourth-order valence-corrected chi connectivity index (χ4v) is 2.63. The summed E-state index contributed by atoms with van der Waals surface area (Å²) in [5.41, 5.74) is -1.90. The Bertz CT molecular complexity index is 1110. The quantitative estimate of drug-likeness (QED) is 0.745. The molecule has 3 aromatic rings. The van der Waals surface area contributed by atoms with Gasteiger partial charge >= 0.3 is 5.97 Å². The highest BCUT2D eigenvalue weighted by Gasteiger charge is 2.21. The molecule has 5 nitrogen and oxygen atoms in total. The Morgan fingerprint density at radius 2 is 1.80 bits per heavy atom. The number of rotatable bonds is 2. The molecule has 0 spiro atoms. The number of nitrogens with zero attached hydrogens (tertiary/aromatic N) is 1. The zero-order chi connectivity index (χ0) is 18.5. The van der Waals surface area contributed by atoms with E-state index in [1.807, 2.05) is 0 Å². The minimum Gasteiger partial charge on any atom is -0.505 e. The van der Waals surface area contributed by atoms with Gasteiger partial charge in [0.15, 0.2) is 23.2 Å². The zero-order valence-electron chi connectivity index (χ0n) is 12.7. The van der Waals surface area contributed by atoms with Crippen LogP contribution in [-0.4, -0.2) is 20.7 Å². The molecule has 2 aromatic carbocycles. The SMILES string of the molecule is Cc1c(F)c(F)cc2c(=O)c(C(=O)O)cn(-c3ccc(F)c(O)c3)c12. The molecule has 3 rings (SSSR count). The number of halogens is 3. The lowest BCUT2D eigenvalue weighted by molar-refractivity contribution is 0.0695. The van der Waals surface area contributed by atoms with E-state index in [0.717, 1.165) is 22.9 Å². The number of aromatic hydroxyl groups is 1. The topological polar surface area (TPSA) is 79.5 Å². The number of carboxylic acids is 1. The molecule has 0 saturated heterocycles. The molecule has 0 amide bonds. The maximum atomic E-state index is 14.0. The molecule has 0 fully saturated rings. The highest BCUT2D eigenvalue weighted by atomic mass is 19.2. The van der Waals surface area contributed by atoms with E-state index >= 15 is 0 Å². The number of fused-ring (bicyclic) bond motifs is 1. The van der Waals surface area contributed by atoms with Gasteiger partial charge in [-0.05, 0) is 25.1 Å². The molecule has 0 unspecified atom stereocenters. The van der Waals surface area contributed by atoms with E-state index in [9.17, 15) is 33.0 Å². The van der Waals surface area contributed by atoms with Gasteiger partial charge in [0.2, 0.25) is 5.43 Å². The summed E-state index contributed by atoms with van der Waals surface area (Å²) >= 11 is 0. The Labute approximate surface area is 138 Å². The zero-order valence-corrected chi connectivity index (χ0v) is 12.7. The van der Waals surface area contributed by atoms with Gasteiger partial charge in [0, 0.05) is 23.5 Å². The molecule has 0 saturated carbocycles. The van der Waals surface area contributed by atoms with Gasteiger partial charge in [-0.15, -0.1) is 0 Å². The first-order valence-corrected chi connectivity index (χ1v) is 6.98. The van der Waals surface area contributed by atoms with Crippen molar-refractivity contribution >= 4 is 16.9 Å². The van der Waals surface area contributed by atoms with Crippen molar-refractivity contribution in [1.82, 2.24) is 4.57 Å². The van der Waals surface area contributed by atoms with Gasteiger partial charge in [-0.3, -0.25) is 4.79 Å². The first-order chi connectivity index (χ1) is 11.7. The monoisotopic (exact) mass is 349 g/mol. The van der Waals surface area contributed by atoms with Crippen LogP contribution in [0.1, 0.15) is 15.9 Å². The van der Waals surface area contributed by atoms with Crippen molar-refractivity contribution in [2.75, 3.05) is 0 Å². The summed E-state index contributed by atoms with van der Waals surface area (Å²) in [4.78, 5) is 23.6. The third-order valence-corrected chi connectivity index (χ3v) is 3.85. The van der Waals surface area contributed by atoms with Crippen LogP contribution in [0.3, 0.4) is 0 Å². The molecule has 0 radical (unpaired) electrons. The van der Waals surface area contributed by atoms with Crippen molar-refractivity contribution in [2.45, 2.75) is 6.92 Å². The van der Waals surface area contributed by atoms with E-state index in [1.165, 1.54) is 13.0 Å². The van der Waals surface area contributed by atoms with Crippen molar-refractivity contribution in [3.05, 3.63) is 69.3 Å². The maximum Gasteiger partial charge on any atom is 0.341 e. The van der Waals surface area contributed by atoms with E-state index in [-0.39, 0.29) is 22.2 Å². The van der Waals surface area contributed by atoms with Gasteiger partial charge in [0.1, 0.15) is 5.56 Å². The fraction of sp³-hybridized carbons (Fsp3) is 0.0588. The summed E-state index contributed by atoms with van der Waals surface area (Å²) < 4.78 is 42.1. The second-order valence-corrected chi connectivity index (χ2v) is 5.38. The predicted octanol–water partition coefficient (Wildman–Crippen LogP) is 3.12. The lowest BCUT2D eigenvalue weighted by Crippen LogP contribution is -2.19. The van der Waals surface area contributed by atoms with E-state index in [1.54, 1.807) is 0 Å². The maximum absolute atomic E-state index is 14.0. The Kier molecular flexibility index (Phi) is 3.75. The van der Waals surface area contributed by atoms with Crippen LogP contribution in [-0.2, 0) is 0 Å². The average Bonchev–Trinajstić information content (AvgIpc) is 2.56. The van der Waals surface area contributed by atoms with Crippen molar-refractivity contribution in [3.8, 4) is 11.4 Å². The number of aromatic carboxylic acids is 1. The predicted molar refractivity (Wildman–Crippen MR) is 82.8 cm³/mol. The highest BCUT2D eigenvalue weighted by Crippen LogP contribution is 2.27. The molecule has 0 aliphatic heterocycles. The van der Waals surface area contributed by atoms with E-state index in [4.69, 9.17) is 0 Å². The minimum absolute atomic E-state index is 0.0699. The Morgan fingerprint density at radius 1 is 1.12 bits per heavy atom. The second kappa shape index (κ2) is 5.66. The number of hydrogen-bond acceptors (Lipinski definition) is 3. The van der Waals surface area contributed by atoms with Crippen LogP contribution in [0.15, 0.2) is 35.3 Å². The first-order valence-electron chi connectivity index (χ1n) is 6.98. The molecule has 0 aliphatic rings. The van der Waals surface area contributed by atoms with Crippen LogP contribution >= 0.6 is 0 Å². The van der Waals surface area contributed by atoms with Gasteiger partial charge in [-0.2, -0.15) is 0 Å². The minimum atomic E-state index is -1.56. The van der Waals surface area contributed by atoms with Crippen LogP contribution in [0.5, 0.6) is 5.75 Å². The summed E-state index contributed by atoms with van der Waals surface area (Å²) in [6, 6.07) is 3.72. The molecule has 2 N–H and O–H groups in total. The Hall–Kier alpha value is -3.29. The number of aromatic nitrogens is 1. The standard InChI is InChI=1S/C17H10F3NO4/c1-7-14(20)12(19)5-9-15(7)21(6-10(16(9)23)17(24)25)8-2-3-11(18)13(22)4-8/h2-6,22H,1H3,(H,24,25). The molecule has 1 heterocycles. The second-order valence-electron chi connectivity index (χ2n) is 5.38. The van der Waals surface area contributed by atoms with Crippen LogP contribution in [0.25, 0.3) is 16.6 Å². The molecular weight excluding hydrogens is 339 g/mol. The number of carboxylic acid groups (broad SMARTS) is 1. The number of phenolic OH excluding ortho intramolecular Hbond substituents is 1. The molecule has 1 aromatic heterocycles. The Balaban J connectivity index is 2.54. The van der Waals surface area contributed by atoms with Gasteiger partial charge in [0.25, 0.3) is 0 Å². The van der Waals surface area contributed by atoms with Gasteiger partial charge in [-0.25, -0.2) is 18.0 Å². The number of carbonyl (C=O) groups is 1. The van der Waals surface area contributed by atoms with Crippen LogP contribution in [0, 0.1) is 24.4 Å².